The molecule has 0 fully saturated rings. The minimum absolute atomic E-state index is 0. The molecular formula is C18H26IN7O2. The number of nitrogens with zero attached hydrogens (tertiary/aromatic N) is 5. The number of ether oxygens (including phenoxy) is 1. The van der Waals surface area contributed by atoms with Crippen LogP contribution in [0.1, 0.15) is 19.2 Å². The van der Waals surface area contributed by atoms with E-state index in [1.54, 1.807) is 9.58 Å². The molecule has 1 aliphatic rings. The molecule has 0 bridgehead atoms. The number of amides is 1. The molecule has 0 atom stereocenters. The third kappa shape index (κ3) is 5.57. The van der Waals surface area contributed by atoms with E-state index in [1.807, 2.05) is 38.2 Å². The number of para-hydroxylation sites is 2. The number of halogens is 1. The molecule has 1 aromatic carbocycles. The fraction of sp³-hybridized carbons (Fsp3) is 0.444. The molecule has 2 aromatic rings. The Labute approximate surface area is 181 Å². The quantitative estimate of drug-likeness (QED) is 0.258. The number of hydrogen-bond acceptors (Lipinski definition) is 5. The predicted molar refractivity (Wildman–Crippen MR) is 118 cm³/mol. The summed E-state index contributed by atoms with van der Waals surface area (Å²) in [5.41, 5.74) is 0.830. The van der Waals surface area contributed by atoms with E-state index in [4.69, 9.17) is 4.74 Å². The average Bonchev–Trinajstić information content (AvgIpc) is 3.09. The summed E-state index contributed by atoms with van der Waals surface area (Å²) in [5.74, 6) is 2.25. The monoisotopic (exact) mass is 499 g/mol. The van der Waals surface area contributed by atoms with E-state index >= 15 is 0 Å². The van der Waals surface area contributed by atoms with Crippen LogP contribution in [0.5, 0.6) is 5.75 Å². The Hall–Kier alpha value is -2.37. The fourth-order valence-corrected chi connectivity index (χ4v) is 2.80. The Balaban J connectivity index is 0.00000280. The van der Waals surface area contributed by atoms with Gasteiger partial charge in [-0.15, -0.1) is 24.0 Å². The number of carbonyl (C=O) groups excluding carboxylic acids is 1. The van der Waals surface area contributed by atoms with Gasteiger partial charge in [0.2, 0.25) is 0 Å². The van der Waals surface area contributed by atoms with Crippen molar-refractivity contribution in [3.05, 3.63) is 36.4 Å². The second-order valence-corrected chi connectivity index (χ2v) is 6.08. The summed E-state index contributed by atoms with van der Waals surface area (Å²) >= 11 is 0. The summed E-state index contributed by atoms with van der Waals surface area (Å²) in [5, 5.41) is 10.5. The number of aromatic nitrogens is 3. The Morgan fingerprint density at radius 2 is 2.14 bits per heavy atom. The molecule has 10 heteroatoms. The van der Waals surface area contributed by atoms with Crippen molar-refractivity contribution in [1.82, 2.24) is 25.4 Å². The summed E-state index contributed by atoms with van der Waals surface area (Å²) < 4.78 is 7.17. The maximum absolute atomic E-state index is 12.2. The van der Waals surface area contributed by atoms with E-state index in [-0.39, 0.29) is 36.5 Å². The molecule has 1 aromatic heterocycles. The second kappa shape index (κ2) is 10.8. The highest BCUT2D eigenvalue weighted by molar-refractivity contribution is 14.0. The average molecular weight is 499 g/mol. The predicted octanol–water partition coefficient (Wildman–Crippen LogP) is 1.30. The number of hydrogen-bond donors (Lipinski definition) is 2. The molecule has 2 heterocycles. The first-order valence-electron chi connectivity index (χ1n) is 9.06. The van der Waals surface area contributed by atoms with Crippen LogP contribution in [0.2, 0.25) is 0 Å². The molecule has 1 aliphatic heterocycles. The van der Waals surface area contributed by atoms with Crippen molar-refractivity contribution in [3.8, 4) is 5.75 Å². The van der Waals surface area contributed by atoms with Crippen molar-refractivity contribution >= 4 is 41.5 Å². The number of aryl methyl sites for hydroxylation is 1. The van der Waals surface area contributed by atoms with E-state index in [9.17, 15) is 4.79 Å². The molecule has 0 spiro atoms. The van der Waals surface area contributed by atoms with E-state index in [1.165, 1.54) is 6.33 Å². The van der Waals surface area contributed by atoms with Gasteiger partial charge in [0.1, 0.15) is 24.4 Å². The molecule has 28 heavy (non-hydrogen) atoms. The highest BCUT2D eigenvalue weighted by Crippen LogP contribution is 2.31. The third-order valence-electron chi connectivity index (χ3n) is 4.19. The third-order valence-corrected chi connectivity index (χ3v) is 4.19. The number of aliphatic imine (C=N–C) groups is 1. The van der Waals surface area contributed by atoms with Crippen LogP contribution in [0.3, 0.4) is 0 Å². The molecular weight excluding hydrogens is 473 g/mol. The van der Waals surface area contributed by atoms with Gasteiger partial charge in [-0.1, -0.05) is 12.1 Å². The van der Waals surface area contributed by atoms with Crippen molar-refractivity contribution in [2.24, 2.45) is 12.0 Å². The van der Waals surface area contributed by atoms with Crippen LogP contribution < -0.4 is 20.3 Å². The lowest BCUT2D eigenvalue weighted by Crippen LogP contribution is -2.42. The molecule has 0 saturated heterocycles. The molecule has 3 rings (SSSR count). The number of guanidine groups is 1. The van der Waals surface area contributed by atoms with Gasteiger partial charge in [-0.05, 0) is 25.5 Å². The Kier molecular flexibility index (Phi) is 8.48. The van der Waals surface area contributed by atoms with Crippen molar-refractivity contribution in [3.63, 3.8) is 0 Å². The van der Waals surface area contributed by atoms with Gasteiger partial charge in [-0.2, -0.15) is 5.10 Å². The number of anilines is 1. The highest BCUT2D eigenvalue weighted by Gasteiger charge is 2.24. The standard InChI is InChI=1S/C18H25N7O2.HI/c1-3-19-18(21-11-16-22-13-23-24(16)2)20-9-6-10-25-14-7-4-5-8-15(14)27-12-17(25)26;/h4-5,7-8,13H,3,6,9-12H2,1-2H3,(H2,19,20,21);1H. The second-order valence-electron chi connectivity index (χ2n) is 6.08. The molecule has 0 unspecified atom stereocenters. The van der Waals surface area contributed by atoms with Crippen molar-refractivity contribution in [2.45, 2.75) is 19.9 Å². The number of benzene rings is 1. The van der Waals surface area contributed by atoms with E-state index < -0.39 is 0 Å². The summed E-state index contributed by atoms with van der Waals surface area (Å²) in [6.45, 7) is 4.63. The van der Waals surface area contributed by atoms with Gasteiger partial charge in [0.15, 0.2) is 12.6 Å². The molecule has 0 saturated carbocycles. The van der Waals surface area contributed by atoms with Crippen molar-refractivity contribution in [1.29, 1.82) is 0 Å². The molecule has 0 aliphatic carbocycles. The maximum atomic E-state index is 12.2. The summed E-state index contributed by atoms with van der Waals surface area (Å²) in [6.07, 6.45) is 2.30. The van der Waals surface area contributed by atoms with E-state index in [0.717, 1.165) is 30.2 Å². The number of fused-ring (bicyclic) bond motifs is 1. The number of rotatable bonds is 7. The Bertz CT molecular complexity index is 809. The van der Waals surface area contributed by atoms with Gasteiger partial charge in [0.05, 0.1) is 5.69 Å². The largest absolute Gasteiger partial charge is 0.482 e. The van der Waals surface area contributed by atoms with Crippen LogP contribution in [0.4, 0.5) is 5.69 Å². The van der Waals surface area contributed by atoms with Crippen molar-refractivity contribution < 1.29 is 9.53 Å². The molecule has 1 amide bonds. The zero-order chi connectivity index (χ0) is 19.1. The van der Waals surface area contributed by atoms with Gasteiger partial charge in [-0.3, -0.25) is 9.48 Å². The Morgan fingerprint density at radius 1 is 1.32 bits per heavy atom. The van der Waals surface area contributed by atoms with Crippen LogP contribution in [-0.2, 0) is 18.4 Å². The molecule has 9 nitrogen and oxygen atoms in total. The summed E-state index contributed by atoms with van der Waals surface area (Å²) in [7, 11) is 1.84. The first-order valence-corrected chi connectivity index (χ1v) is 9.06. The summed E-state index contributed by atoms with van der Waals surface area (Å²) in [6, 6.07) is 7.61. The first kappa shape index (κ1) is 21.9. The molecule has 2 N–H and O–H groups in total. The fourth-order valence-electron chi connectivity index (χ4n) is 2.80. The summed E-state index contributed by atoms with van der Waals surface area (Å²) in [4.78, 5) is 22.7. The lowest BCUT2D eigenvalue weighted by atomic mass is 10.2. The van der Waals surface area contributed by atoms with Gasteiger partial charge < -0.3 is 20.3 Å². The lowest BCUT2D eigenvalue weighted by Gasteiger charge is -2.29. The Morgan fingerprint density at radius 3 is 2.89 bits per heavy atom. The van der Waals surface area contributed by atoms with Crippen molar-refractivity contribution in [2.75, 3.05) is 31.1 Å². The van der Waals surface area contributed by atoms with Gasteiger partial charge >= 0.3 is 0 Å². The zero-order valence-corrected chi connectivity index (χ0v) is 18.4. The smallest absolute Gasteiger partial charge is 0.265 e. The minimum Gasteiger partial charge on any atom is -0.482 e. The van der Waals surface area contributed by atoms with Gasteiger partial charge in [0.25, 0.3) is 5.91 Å². The molecule has 152 valence electrons. The van der Waals surface area contributed by atoms with Crippen LogP contribution in [0.25, 0.3) is 0 Å². The topological polar surface area (TPSA) is 96.7 Å². The maximum Gasteiger partial charge on any atom is 0.265 e. The van der Waals surface area contributed by atoms with Gasteiger partial charge in [0, 0.05) is 26.7 Å². The van der Waals surface area contributed by atoms with Crippen LogP contribution >= 0.6 is 24.0 Å². The normalized spacial score (nSPS) is 13.4. The number of nitrogens with one attached hydrogen (secondary N) is 2. The first-order chi connectivity index (χ1) is 13.2. The minimum atomic E-state index is -0.0171. The molecule has 0 radical (unpaired) electrons. The van der Waals surface area contributed by atoms with Crippen LogP contribution in [0, 0.1) is 0 Å². The highest BCUT2D eigenvalue weighted by atomic mass is 127. The van der Waals surface area contributed by atoms with Crippen LogP contribution in [0.15, 0.2) is 35.6 Å². The SMILES string of the molecule is CCNC(=NCc1ncnn1C)NCCCN1C(=O)COc2ccccc21.I. The van der Waals surface area contributed by atoms with E-state index in [0.29, 0.717) is 25.6 Å². The van der Waals surface area contributed by atoms with Crippen LogP contribution in [-0.4, -0.2) is 52.9 Å². The lowest BCUT2D eigenvalue weighted by molar-refractivity contribution is -0.121. The zero-order valence-electron chi connectivity index (χ0n) is 16.1. The number of carbonyl (C=O) groups is 1. The van der Waals surface area contributed by atoms with Gasteiger partial charge in [-0.25, -0.2) is 9.98 Å². The van der Waals surface area contributed by atoms with E-state index in [2.05, 4.69) is 25.7 Å².